The van der Waals surface area contributed by atoms with Gasteiger partial charge in [-0.1, -0.05) is 0 Å². The molecule has 0 atom stereocenters. The molecular formula is C19H30N2O5. The summed E-state index contributed by atoms with van der Waals surface area (Å²) in [4.78, 5) is 18.0. The van der Waals surface area contributed by atoms with Crippen LogP contribution in [-0.2, 0) is 20.8 Å². The molecule has 1 amide bonds. The average molecular weight is 366 g/mol. The molecule has 0 bridgehead atoms. The van der Waals surface area contributed by atoms with Gasteiger partial charge < -0.3 is 23.8 Å². The van der Waals surface area contributed by atoms with Crippen LogP contribution in [0.15, 0.2) is 18.3 Å². The molecule has 1 aliphatic rings. The predicted octanol–water partition coefficient (Wildman–Crippen LogP) is 3.02. The highest BCUT2D eigenvalue weighted by Gasteiger charge is 2.27. The van der Waals surface area contributed by atoms with E-state index in [0.717, 1.165) is 18.4 Å². The van der Waals surface area contributed by atoms with Gasteiger partial charge in [-0.15, -0.1) is 0 Å². The van der Waals surface area contributed by atoms with Crippen LogP contribution in [0.25, 0.3) is 0 Å². The van der Waals surface area contributed by atoms with Gasteiger partial charge in [0.15, 0.2) is 0 Å². The van der Waals surface area contributed by atoms with Crippen molar-refractivity contribution in [2.24, 2.45) is 0 Å². The molecule has 0 radical (unpaired) electrons. The number of ether oxygens (including phenoxy) is 4. The molecule has 0 saturated carbocycles. The lowest BCUT2D eigenvalue weighted by Gasteiger charge is -2.33. The summed E-state index contributed by atoms with van der Waals surface area (Å²) in [6.07, 6.45) is 3.22. The van der Waals surface area contributed by atoms with Crippen LogP contribution in [-0.4, -0.2) is 61.1 Å². The van der Waals surface area contributed by atoms with Gasteiger partial charge in [0.1, 0.15) is 12.2 Å². The largest absolute Gasteiger partial charge is 0.475 e. The van der Waals surface area contributed by atoms with Crippen molar-refractivity contribution in [1.29, 1.82) is 0 Å². The van der Waals surface area contributed by atoms with Crippen LogP contribution in [0.2, 0.25) is 0 Å². The highest BCUT2D eigenvalue weighted by atomic mass is 16.6. The van der Waals surface area contributed by atoms with Gasteiger partial charge in [0.05, 0.1) is 19.3 Å². The smallest absolute Gasteiger partial charge is 0.410 e. The lowest BCUT2D eigenvalue weighted by Crippen LogP contribution is -2.43. The van der Waals surface area contributed by atoms with E-state index in [0.29, 0.717) is 38.8 Å². The molecule has 0 unspecified atom stereocenters. The van der Waals surface area contributed by atoms with Crippen LogP contribution in [0.5, 0.6) is 5.88 Å². The number of nitrogens with zero attached hydrogens (tertiary/aromatic N) is 2. The zero-order valence-corrected chi connectivity index (χ0v) is 16.2. The molecule has 1 fully saturated rings. The molecule has 1 aliphatic heterocycles. The number of hydrogen-bond donors (Lipinski definition) is 0. The molecule has 2 heterocycles. The molecule has 1 aromatic heterocycles. The number of piperidine rings is 1. The second kappa shape index (κ2) is 9.73. The summed E-state index contributed by atoms with van der Waals surface area (Å²) < 4.78 is 21.9. The fourth-order valence-electron chi connectivity index (χ4n) is 2.59. The summed E-state index contributed by atoms with van der Waals surface area (Å²) in [7, 11) is 1.63. The molecule has 7 nitrogen and oxygen atoms in total. The average Bonchev–Trinajstić information content (AvgIpc) is 2.59. The molecule has 146 valence electrons. The Hall–Kier alpha value is -1.86. The van der Waals surface area contributed by atoms with Crippen LogP contribution >= 0.6 is 0 Å². The van der Waals surface area contributed by atoms with E-state index in [9.17, 15) is 4.79 Å². The van der Waals surface area contributed by atoms with Crippen molar-refractivity contribution in [1.82, 2.24) is 9.88 Å². The molecule has 1 saturated heterocycles. The van der Waals surface area contributed by atoms with Gasteiger partial charge in [-0.2, -0.15) is 0 Å². The van der Waals surface area contributed by atoms with Gasteiger partial charge in [-0.05, 0) is 45.2 Å². The highest BCUT2D eigenvalue weighted by molar-refractivity contribution is 5.68. The molecule has 0 spiro atoms. The van der Waals surface area contributed by atoms with E-state index in [1.807, 2.05) is 32.9 Å². The van der Waals surface area contributed by atoms with Crippen molar-refractivity contribution < 1.29 is 23.7 Å². The zero-order valence-electron chi connectivity index (χ0n) is 16.2. The molecular weight excluding hydrogens is 336 g/mol. The summed E-state index contributed by atoms with van der Waals surface area (Å²) >= 11 is 0. The van der Waals surface area contributed by atoms with Gasteiger partial charge in [0.2, 0.25) is 5.88 Å². The minimum absolute atomic E-state index is 0.139. The number of rotatable bonds is 7. The molecule has 0 N–H and O–H groups in total. The van der Waals surface area contributed by atoms with Crippen LogP contribution in [0, 0.1) is 0 Å². The SMILES string of the molecule is COCCOc1cc(COC2CCN(C(=O)OC(C)(C)C)CC2)ccn1. The van der Waals surface area contributed by atoms with Crippen molar-refractivity contribution in [3.63, 3.8) is 0 Å². The number of amides is 1. The number of hydrogen-bond acceptors (Lipinski definition) is 6. The quantitative estimate of drug-likeness (QED) is 0.691. The Kier molecular flexibility index (Phi) is 7.66. The van der Waals surface area contributed by atoms with Crippen molar-refractivity contribution in [3.05, 3.63) is 23.9 Å². The van der Waals surface area contributed by atoms with E-state index in [1.165, 1.54) is 0 Å². The van der Waals surface area contributed by atoms with Crippen LogP contribution < -0.4 is 4.74 Å². The van der Waals surface area contributed by atoms with Gasteiger partial charge in [0, 0.05) is 32.5 Å². The van der Waals surface area contributed by atoms with Crippen molar-refractivity contribution in [3.8, 4) is 5.88 Å². The first-order valence-corrected chi connectivity index (χ1v) is 9.03. The zero-order chi connectivity index (χ0) is 19.0. The fourth-order valence-corrected chi connectivity index (χ4v) is 2.59. The molecule has 26 heavy (non-hydrogen) atoms. The summed E-state index contributed by atoms with van der Waals surface area (Å²) in [5, 5.41) is 0. The first-order valence-electron chi connectivity index (χ1n) is 9.03. The predicted molar refractivity (Wildman–Crippen MR) is 97.2 cm³/mol. The normalized spacial score (nSPS) is 15.8. The minimum atomic E-state index is -0.463. The number of likely N-dealkylation sites (tertiary alicyclic amines) is 1. The Bertz CT molecular complexity index is 565. The molecule has 0 aliphatic carbocycles. The number of pyridine rings is 1. The van der Waals surface area contributed by atoms with E-state index in [-0.39, 0.29) is 12.2 Å². The van der Waals surface area contributed by atoms with E-state index < -0.39 is 5.60 Å². The third kappa shape index (κ3) is 7.17. The maximum absolute atomic E-state index is 12.1. The van der Waals surface area contributed by atoms with Gasteiger partial charge in [0.25, 0.3) is 0 Å². The first-order chi connectivity index (χ1) is 12.4. The van der Waals surface area contributed by atoms with E-state index in [4.69, 9.17) is 18.9 Å². The van der Waals surface area contributed by atoms with E-state index in [1.54, 1.807) is 18.2 Å². The van der Waals surface area contributed by atoms with Crippen molar-refractivity contribution in [2.45, 2.75) is 51.9 Å². The second-order valence-electron chi connectivity index (χ2n) is 7.32. The minimum Gasteiger partial charge on any atom is -0.475 e. The van der Waals surface area contributed by atoms with Crippen molar-refractivity contribution in [2.75, 3.05) is 33.4 Å². The number of methoxy groups -OCH3 is 1. The molecule has 0 aromatic carbocycles. The van der Waals surface area contributed by atoms with Crippen LogP contribution in [0.1, 0.15) is 39.2 Å². The highest BCUT2D eigenvalue weighted by Crippen LogP contribution is 2.19. The van der Waals surface area contributed by atoms with Crippen molar-refractivity contribution >= 4 is 6.09 Å². The third-order valence-corrected chi connectivity index (χ3v) is 3.92. The van der Waals surface area contributed by atoms with Gasteiger partial charge >= 0.3 is 6.09 Å². The Morgan fingerprint density at radius 2 is 2.00 bits per heavy atom. The van der Waals surface area contributed by atoms with Gasteiger partial charge in [-0.25, -0.2) is 9.78 Å². The Labute approximate surface area is 155 Å². The summed E-state index contributed by atoms with van der Waals surface area (Å²) in [5.74, 6) is 0.572. The lowest BCUT2D eigenvalue weighted by molar-refractivity contribution is -0.0171. The number of carbonyl (C=O) groups is 1. The number of aromatic nitrogens is 1. The summed E-state index contributed by atoms with van der Waals surface area (Å²) in [6.45, 7) is 8.44. The maximum Gasteiger partial charge on any atom is 0.410 e. The van der Waals surface area contributed by atoms with Crippen LogP contribution in [0.3, 0.4) is 0 Å². The summed E-state index contributed by atoms with van der Waals surface area (Å²) in [6, 6.07) is 3.80. The summed E-state index contributed by atoms with van der Waals surface area (Å²) in [5.41, 5.74) is 0.552. The molecule has 2 rings (SSSR count). The lowest BCUT2D eigenvalue weighted by atomic mass is 10.1. The topological polar surface area (TPSA) is 70.1 Å². The maximum atomic E-state index is 12.1. The van der Waals surface area contributed by atoms with E-state index >= 15 is 0 Å². The fraction of sp³-hybridized carbons (Fsp3) is 0.684. The third-order valence-electron chi connectivity index (χ3n) is 3.92. The monoisotopic (exact) mass is 366 g/mol. The van der Waals surface area contributed by atoms with Gasteiger partial charge in [-0.3, -0.25) is 0 Å². The van der Waals surface area contributed by atoms with E-state index in [2.05, 4.69) is 4.98 Å². The first kappa shape index (κ1) is 20.5. The standard InChI is InChI=1S/C19H30N2O5/c1-19(2,3)26-18(22)21-9-6-16(7-10-21)25-14-15-5-8-20-17(13-15)24-12-11-23-4/h5,8,13,16H,6-7,9-12,14H2,1-4H3. The number of carbonyl (C=O) groups excluding carboxylic acids is 1. The molecule has 1 aromatic rings. The second-order valence-corrected chi connectivity index (χ2v) is 7.32. The van der Waals surface area contributed by atoms with Crippen LogP contribution in [0.4, 0.5) is 4.79 Å². The Morgan fingerprint density at radius 1 is 1.27 bits per heavy atom. The molecule has 7 heteroatoms. The Balaban J connectivity index is 1.73. The Morgan fingerprint density at radius 3 is 2.65 bits per heavy atom.